The van der Waals surface area contributed by atoms with Crippen LogP contribution < -0.4 is 10.6 Å². The topological polar surface area (TPSA) is 173 Å². The van der Waals surface area contributed by atoms with Crippen LogP contribution in [0.15, 0.2) is 35.7 Å². The third kappa shape index (κ3) is 10.2. The minimum atomic E-state index is -1.90. The second kappa shape index (κ2) is 16.2. The Morgan fingerprint density at radius 1 is 0.857 bits per heavy atom. The molecular formula is C27H30N2O11S2. The van der Waals surface area contributed by atoms with Gasteiger partial charge in [0.25, 0.3) is 5.91 Å². The van der Waals surface area contributed by atoms with Gasteiger partial charge in [0, 0.05) is 38.6 Å². The summed E-state index contributed by atoms with van der Waals surface area (Å²) in [6.07, 6.45) is -5.18. The van der Waals surface area contributed by atoms with Crippen LogP contribution in [0.4, 0.5) is 5.00 Å². The van der Waals surface area contributed by atoms with E-state index < -0.39 is 60.7 Å². The van der Waals surface area contributed by atoms with Gasteiger partial charge in [-0.1, -0.05) is 30.3 Å². The molecule has 3 unspecified atom stereocenters. The van der Waals surface area contributed by atoms with Gasteiger partial charge in [-0.3, -0.25) is 29.3 Å². The van der Waals surface area contributed by atoms with Crippen molar-refractivity contribution in [2.24, 2.45) is 0 Å². The molecule has 42 heavy (non-hydrogen) atoms. The van der Waals surface area contributed by atoms with E-state index in [0.717, 1.165) is 44.6 Å². The third-order valence-corrected chi connectivity index (χ3v) is 6.21. The van der Waals surface area contributed by atoms with E-state index >= 15 is 0 Å². The number of carbonyl (C=O) groups excluding carboxylic acids is 6. The van der Waals surface area contributed by atoms with Gasteiger partial charge in [0.2, 0.25) is 6.10 Å². The number of thiophene rings is 1. The van der Waals surface area contributed by atoms with Gasteiger partial charge in [-0.2, -0.15) is 0 Å². The third-order valence-electron chi connectivity index (χ3n) is 5.11. The normalized spacial score (nSPS) is 12.5. The summed E-state index contributed by atoms with van der Waals surface area (Å²) in [5.41, 5.74) is 1.48. The predicted molar refractivity (Wildman–Crippen MR) is 153 cm³/mol. The van der Waals surface area contributed by atoms with Gasteiger partial charge >= 0.3 is 29.8 Å². The molecule has 0 aliphatic heterocycles. The van der Waals surface area contributed by atoms with Crippen molar-refractivity contribution in [3.63, 3.8) is 0 Å². The van der Waals surface area contributed by atoms with E-state index in [1.165, 1.54) is 0 Å². The molecule has 0 bridgehead atoms. The molecule has 0 saturated carbocycles. The quantitative estimate of drug-likeness (QED) is 0.201. The fourth-order valence-corrected chi connectivity index (χ4v) is 4.81. The van der Waals surface area contributed by atoms with E-state index in [9.17, 15) is 28.8 Å². The lowest BCUT2D eigenvalue weighted by atomic mass is 10.0. The highest BCUT2D eigenvalue weighted by Crippen LogP contribution is 2.36. The predicted octanol–water partition coefficient (Wildman–Crippen LogP) is 2.76. The van der Waals surface area contributed by atoms with E-state index in [4.69, 9.17) is 35.9 Å². The summed E-state index contributed by atoms with van der Waals surface area (Å²) >= 11 is 6.41. The maximum absolute atomic E-state index is 13.3. The van der Waals surface area contributed by atoms with Crippen molar-refractivity contribution in [2.75, 3.05) is 18.5 Å². The Bertz CT molecular complexity index is 1330. The van der Waals surface area contributed by atoms with Crippen LogP contribution in [-0.2, 0) is 47.7 Å². The molecule has 15 heteroatoms. The highest BCUT2D eigenvalue weighted by Gasteiger charge is 2.42. The Balaban J connectivity index is 2.39. The maximum Gasteiger partial charge on any atom is 0.341 e. The number of thiocarbonyl (C=S) groups is 1. The van der Waals surface area contributed by atoms with E-state index in [-0.39, 0.29) is 22.3 Å². The minimum Gasteiger partial charge on any atom is -0.462 e. The SMILES string of the molecule is CCOC(=O)c1c(-c2ccccc2)csc1NC(=S)NC(=O)C(OC(C)=O)C(OC(C)=O)C(COC(C)=O)OC(C)=O. The van der Waals surface area contributed by atoms with Crippen molar-refractivity contribution in [1.29, 1.82) is 0 Å². The highest BCUT2D eigenvalue weighted by molar-refractivity contribution is 7.80. The van der Waals surface area contributed by atoms with Gasteiger partial charge in [-0.15, -0.1) is 11.3 Å². The fourth-order valence-electron chi connectivity index (χ4n) is 3.58. The lowest BCUT2D eigenvalue weighted by Gasteiger charge is -2.30. The van der Waals surface area contributed by atoms with Crippen molar-refractivity contribution in [1.82, 2.24) is 5.32 Å². The second-order valence-electron chi connectivity index (χ2n) is 8.44. The molecule has 0 radical (unpaired) electrons. The van der Waals surface area contributed by atoms with Crippen molar-refractivity contribution < 1.29 is 52.5 Å². The molecule has 13 nitrogen and oxygen atoms in total. The Hall–Kier alpha value is -4.37. The molecule has 2 aromatic rings. The number of ether oxygens (including phenoxy) is 5. The summed E-state index contributed by atoms with van der Waals surface area (Å²) in [7, 11) is 0. The number of esters is 5. The van der Waals surface area contributed by atoms with Gasteiger partial charge in [0.15, 0.2) is 17.3 Å². The number of carbonyl (C=O) groups is 6. The number of amides is 1. The first-order valence-electron chi connectivity index (χ1n) is 12.4. The Morgan fingerprint density at radius 3 is 2.02 bits per heavy atom. The largest absolute Gasteiger partial charge is 0.462 e. The van der Waals surface area contributed by atoms with Crippen molar-refractivity contribution >= 4 is 69.4 Å². The summed E-state index contributed by atoms with van der Waals surface area (Å²) in [5, 5.41) is 6.76. The first-order chi connectivity index (χ1) is 19.8. The molecule has 1 aromatic carbocycles. The lowest BCUT2D eigenvalue weighted by molar-refractivity contribution is -0.190. The molecule has 0 spiro atoms. The lowest BCUT2D eigenvalue weighted by Crippen LogP contribution is -2.55. The van der Waals surface area contributed by atoms with Crippen molar-refractivity contribution in [3.05, 3.63) is 41.3 Å². The molecule has 1 amide bonds. The van der Waals surface area contributed by atoms with E-state index in [1.807, 2.05) is 18.2 Å². The molecule has 1 heterocycles. The van der Waals surface area contributed by atoms with Gasteiger partial charge in [0.05, 0.1) is 6.61 Å². The Morgan fingerprint density at radius 2 is 1.48 bits per heavy atom. The second-order valence-corrected chi connectivity index (χ2v) is 9.73. The van der Waals surface area contributed by atoms with Gasteiger partial charge in [0.1, 0.15) is 17.2 Å². The summed E-state index contributed by atoms with van der Waals surface area (Å²) in [6, 6.07) is 9.05. The zero-order chi connectivity index (χ0) is 31.4. The molecule has 0 aliphatic rings. The van der Waals surface area contributed by atoms with Crippen LogP contribution in [0.5, 0.6) is 0 Å². The van der Waals surface area contributed by atoms with Crippen LogP contribution >= 0.6 is 23.6 Å². The number of hydrogen-bond donors (Lipinski definition) is 2. The smallest absolute Gasteiger partial charge is 0.341 e. The first kappa shape index (κ1) is 33.8. The van der Waals surface area contributed by atoms with E-state index in [2.05, 4.69) is 10.6 Å². The standard InChI is InChI=1S/C27H30N2O11S2/c1-6-36-26(35)21-19(18-10-8-7-9-11-18)13-42-25(21)29-27(41)28-24(34)23(40-17(5)33)22(39-16(4)32)20(38-15(3)31)12-37-14(2)30/h7-11,13,20,22-23H,6,12H2,1-5H3,(H2,28,29,34,41). The van der Waals surface area contributed by atoms with Crippen LogP contribution in [0.25, 0.3) is 11.1 Å². The zero-order valence-electron chi connectivity index (χ0n) is 23.4. The fraction of sp³-hybridized carbons (Fsp3) is 0.370. The number of rotatable bonds is 12. The van der Waals surface area contributed by atoms with Crippen molar-refractivity contribution in [3.8, 4) is 11.1 Å². The molecule has 2 N–H and O–H groups in total. The van der Waals surface area contributed by atoms with Gasteiger partial charge in [-0.05, 0) is 24.7 Å². The number of benzene rings is 1. The van der Waals surface area contributed by atoms with Gasteiger partial charge < -0.3 is 29.0 Å². The van der Waals surface area contributed by atoms with Crippen molar-refractivity contribution in [2.45, 2.75) is 52.9 Å². The molecule has 0 aliphatic carbocycles. The Labute approximate surface area is 250 Å². The van der Waals surface area contributed by atoms with E-state index in [1.54, 1.807) is 24.4 Å². The highest BCUT2D eigenvalue weighted by atomic mass is 32.1. The summed E-state index contributed by atoms with van der Waals surface area (Å²) < 4.78 is 25.6. The molecule has 0 fully saturated rings. The molecular weight excluding hydrogens is 592 g/mol. The van der Waals surface area contributed by atoms with Crippen LogP contribution in [-0.4, -0.2) is 72.4 Å². The summed E-state index contributed by atoms with van der Waals surface area (Å²) in [5.74, 6) is -5.19. The van der Waals surface area contributed by atoms with Crippen LogP contribution in [0.2, 0.25) is 0 Å². The summed E-state index contributed by atoms with van der Waals surface area (Å²) in [4.78, 5) is 73.2. The average molecular weight is 623 g/mol. The molecule has 0 saturated heterocycles. The monoisotopic (exact) mass is 622 g/mol. The van der Waals surface area contributed by atoms with Crippen LogP contribution in [0, 0.1) is 0 Å². The number of anilines is 1. The summed E-state index contributed by atoms with van der Waals surface area (Å²) in [6.45, 7) is 5.28. The maximum atomic E-state index is 13.3. The zero-order valence-corrected chi connectivity index (χ0v) is 25.1. The minimum absolute atomic E-state index is 0.113. The van der Waals surface area contributed by atoms with Crippen LogP contribution in [0.1, 0.15) is 45.0 Å². The molecule has 226 valence electrons. The first-order valence-corrected chi connectivity index (χ1v) is 13.7. The van der Waals surface area contributed by atoms with E-state index in [0.29, 0.717) is 5.56 Å². The molecule has 3 atom stereocenters. The molecule has 2 rings (SSSR count). The number of hydrogen-bond acceptors (Lipinski definition) is 13. The number of nitrogens with one attached hydrogen (secondary N) is 2. The Kier molecular flexibility index (Phi) is 13.0. The molecule has 1 aromatic heterocycles. The van der Waals surface area contributed by atoms with Gasteiger partial charge in [-0.25, -0.2) is 4.79 Å². The van der Waals surface area contributed by atoms with Crippen LogP contribution in [0.3, 0.4) is 0 Å². The average Bonchev–Trinajstić information content (AvgIpc) is 3.32.